The number of halogens is 6. The molecule has 0 bridgehead atoms. The highest BCUT2D eigenvalue weighted by molar-refractivity contribution is 7.89. The first kappa shape index (κ1) is 24.7. The summed E-state index contributed by atoms with van der Waals surface area (Å²) < 4.78 is 104. The third-order valence-corrected chi connectivity index (χ3v) is 7.87. The minimum atomic E-state index is -3.98. The number of hydrogen-bond acceptors (Lipinski definition) is 5. The number of nitrogens with zero attached hydrogens (tertiary/aromatic N) is 3. The number of aromatic nitrogens is 1. The predicted molar refractivity (Wildman–Crippen MR) is 119 cm³/mol. The van der Waals surface area contributed by atoms with Gasteiger partial charge in [-0.05, 0) is 13.0 Å². The molecule has 2 atom stereocenters. The zero-order valence-electron chi connectivity index (χ0n) is 18.2. The van der Waals surface area contributed by atoms with Crippen LogP contribution < -0.4 is 9.62 Å². The van der Waals surface area contributed by atoms with Gasteiger partial charge in [-0.15, -0.1) is 0 Å². The molecule has 5 rings (SSSR count). The predicted octanol–water partition coefficient (Wildman–Crippen LogP) is 4.13. The lowest BCUT2D eigenvalue weighted by Crippen LogP contribution is -2.51. The van der Waals surface area contributed by atoms with Gasteiger partial charge in [0.05, 0.1) is 23.2 Å². The van der Waals surface area contributed by atoms with Crippen molar-refractivity contribution in [2.24, 2.45) is 0 Å². The summed E-state index contributed by atoms with van der Waals surface area (Å²) in [6.45, 7) is 0.0614. The quantitative estimate of drug-likeness (QED) is 0.482. The first-order valence-electron chi connectivity index (χ1n) is 10.5. The normalized spacial score (nSPS) is 21.6. The zero-order chi connectivity index (χ0) is 26.2. The maximum atomic E-state index is 15.1. The van der Waals surface area contributed by atoms with Crippen LogP contribution in [0.5, 0.6) is 0 Å². The molecule has 2 aliphatic rings. The van der Waals surface area contributed by atoms with E-state index in [2.05, 4.69) is 5.16 Å². The van der Waals surface area contributed by atoms with Crippen molar-refractivity contribution in [2.75, 3.05) is 23.7 Å². The molecule has 3 heterocycles. The molecule has 2 aromatic carbocycles. The molecule has 2 amide bonds. The van der Waals surface area contributed by atoms with Gasteiger partial charge < -0.3 is 9.42 Å². The third kappa shape index (κ3) is 3.78. The van der Waals surface area contributed by atoms with Crippen molar-refractivity contribution in [3.63, 3.8) is 0 Å². The van der Waals surface area contributed by atoms with Crippen LogP contribution in [0.3, 0.4) is 0 Å². The minimum absolute atomic E-state index is 0.0192. The van der Waals surface area contributed by atoms with Crippen LogP contribution in [0.25, 0.3) is 22.1 Å². The largest absolute Gasteiger partial charge is 0.354 e. The van der Waals surface area contributed by atoms with Gasteiger partial charge in [-0.2, -0.15) is 0 Å². The van der Waals surface area contributed by atoms with E-state index < -0.39 is 75.9 Å². The number of benzene rings is 2. The summed E-state index contributed by atoms with van der Waals surface area (Å²) in [6.07, 6.45) is 0. The Morgan fingerprint density at radius 3 is 2.44 bits per heavy atom. The van der Waals surface area contributed by atoms with E-state index in [9.17, 15) is 26.4 Å². The Morgan fingerprint density at radius 2 is 1.83 bits per heavy atom. The molecule has 0 spiro atoms. The number of urea groups is 1. The minimum Gasteiger partial charge on any atom is -0.354 e. The summed E-state index contributed by atoms with van der Waals surface area (Å²) in [5.74, 6) is -8.06. The molecular weight excluding hydrogens is 535 g/mol. The summed E-state index contributed by atoms with van der Waals surface area (Å²) in [7, 11) is -3.98. The second kappa shape index (κ2) is 8.28. The Balaban J connectivity index is 1.58. The molecule has 0 unspecified atom stereocenters. The number of nitrogens with one attached hydrogen (secondary N) is 1. The molecule has 36 heavy (non-hydrogen) atoms. The smallest absolute Gasteiger partial charge is 0.326 e. The molecule has 1 N–H and O–H groups in total. The van der Waals surface area contributed by atoms with Crippen LogP contribution in [-0.2, 0) is 10.0 Å². The fourth-order valence-electron chi connectivity index (χ4n) is 4.52. The van der Waals surface area contributed by atoms with Gasteiger partial charge in [0.25, 0.3) is 5.92 Å². The van der Waals surface area contributed by atoms with Crippen LogP contribution in [0.1, 0.15) is 6.92 Å². The number of amides is 2. The van der Waals surface area contributed by atoms with Gasteiger partial charge in [0.1, 0.15) is 29.5 Å². The number of carbonyl (C=O) groups is 1. The second-order valence-electron chi connectivity index (χ2n) is 8.39. The lowest BCUT2D eigenvalue weighted by atomic mass is 10.00. The molecule has 3 aromatic rings. The Morgan fingerprint density at radius 1 is 1.17 bits per heavy atom. The summed E-state index contributed by atoms with van der Waals surface area (Å²) in [6, 6.07) is -1.17. The average molecular weight is 551 g/mol. The molecule has 15 heteroatoms. The van der Waals surface area contributed by atoms with Crippen molar-refractivity contribution in [2.45, 2.75) is 24.9 Å². The molecule has 192 valence electrons. The van der Waals surface area contributed by atoms with Crippen molar-refractivity contribution in [1.29, 1.82) is 0 Å². The van der Waals surface area contributed by atoms with Gasteiger partial charge in [-0.25, -0.2) is 39.9 Å². The fraction of sp³-hybridized carbons (Fsp3) is 0.333. The van der Waals surface area contributed by atoms with Crippen LogP contribution >= 0.6 is 11.6 Å². The number of hydrogen-bond donors (Lipinski definition) is 1. The van der Waals surface area contributed by atoms with Crippen molar-refractivity contribution >= 4 is 44.4 Å². The van der Waals surface area contributed by atoms with Gasteiger partial charge in [0, 0.05) is 35.3 Å². The summed E-state index contributed by atoms with van der Waals surface area (Å²) >= 11 is 6.05. The number of anilines is 1. The Hall–Kier alpha value is -2.97. The third-order valence-electron chi connectivity index (χ3n) is 6.25. The SMILES string of the molecule is CCS(=O)(=O)N[C@@H]1CN2C(=O)N(c3noc4cc(Cl)cc(-c5c(F)cc(F)cc5F)c34)C[C@@H]2C1(F)F. The first-order chi connectivity index (χ1) is 16.8. The van der Waals surface area contributed by atoms with Crippen LogP contribution in [0.2, 0.25) is 5.02 Å². The molecule has 0 aliphatic carbocycles. The van der Waals surface area contributed by atoms with Crippen LogP contribution in [0.4, 0.5) is 32.6 Å². The van der Waals surface area contributed by atoms with Crippen molar-refractivity contribution in [3.8, 4) is 11.1 Å². The highest BCUT2D eigenvalue weighted by atomic mass is 35.5. The molecule has 2 fully saturated rings. The van der Waals surface area contributed by atoms with E-state index >= 15 is 8.78 Å². The molecule has 8 nitrogen and oxygen atoms in total. The van der Waals surface area contributed by atoms with E-state index in [1.807, 2.05) is 4.72 Å². The highest BCUT2D eigenvalue weighted by Crippen LogP contribution is 2.44. The van der Waals surface area contributed by atoms with E-state index in [1.165, 1.54) is 13.0 Å². The van der Waals surface area contributed by atoms with Crippen LogP contribution in [0.15, 0.2) is 28.8 Å². The lowest BCUT2D eigenvalue weighted by Gasteiger charge is -2.23. The monoisotopic (exact) mass is 550 g/mol. The summed E-state index contributed by atoms with van der Waals surface area (Å²) in [4.78, 5) is 14.8. The average Bonchev–Trinajstić information content (AvgIpc) is 3.40. The summed E-state index contributed by atoms with van der Waals surface area (Å²) in [5, 5.41) is 3.64. The van der Waals surface area contributed by atoms with Crippen molar-refractivity contribution in [3.05, 3.63) is 46.7 Å². The van der Waals surface area contributed by atoms with Crippen LogP contribution in [-0.4, -0.2) is 61.4 Å². The Kier molecular flexibility index (Phi) is 5.68. The van der Waals surface area contributed by atoms with Gasteiger partial charge in [-0.1, -0.05) is 16.8 Å². The van der Waals surface area contributed by atoms with E-state index in [4.69, 9.17) is 16.1 Å². The molecule has 2 saturated heterocycles. The van der Waals surface area contributed by atoms with E-state index in [1.54, 1.807) is 0 Å². The maximum absolute atomic E-state index is 15.1. The van der Waals surface area contributed by atoms with Crippen molar-refractivity contribution < 1.29 is 39.7 Å². The standard InChI is InChI=1S/C21H16ClF5N4O4S/c1-2-36(33,34)29-15-7-30-16(21(15,26)27)8-31(20(30)32)19-18-11(3-9(22)4-14(18)35-28-19)17-12(24)5-10(23)6-13(17)25/h3-6,15-16,29H,2,7-8H2,1H3/t15-,16-/m1/s1. The van der Waals surface area contributed by atoms with Crippen LogP contribution in [0, 0.1) is 17.5 Å². The number of carbonyl (C=O) groups excluding carboxylic acids is 1. The topological polar surface area (TPSA) is 95.8 Å². The second-order valence-corrected chi connectivity index (χ2v) is 10.9. The number of rotatable bonds is 5. The van der Waals surface area contributed by atoms with E-state index in [0.29, 0.717) is 12.1 Å². The van der Waals surface area contributed by atoms with E-state index in [0.717, 1.165) is 15.9 Å². The van der Waals surface area contributed by atoms with Crippen molar-refractivity contribution in [1.82, 2.24) is 14.8 Å². The number of fused-ring (bicyclic) bond motifs is 2. The molecule has 0 saturated carbocycles. The molecular formula is C21H16ClF5N4O4S. The first-order valence-corrected chi connectivity index (χ1v) is 12.6. The number of sulfonamides is 1. The highest BCUT2D eigenvalue weighted by Gasteiger charge is 2.63. The molecule has 2 aliphatic heterocycles. The maximum Gasteiger partial charge on any atom is 0.326 e. The summed E-state index contributed by atoms with van der Waals surface area (Å²) in [5.41, 5.74) is -1.01. The van der Waals surface area contributed by atoms with Gasteiger partial charge in [0.2, 0.25) is 10.0 Å². The van der Waals surface area contributed by atoms with Gasteiger partial charge in [-0.3, -0.25) is 4.90 Å². The number of alkyl halides is 2. The van der Waals surface area contributed by atoms with E-state index in [-0.39, 0.29) is 27.4 Å². The fourth-order valence-corrected chi connectivity index (χ4v) is 5.56. The Labute approximate surface area is 205 Å². The lowest BCUT2D eigenvalue weighted by molar-refractivity contribution is -0.0324. The van der Waals surface area contributed by atoms with Gasteiger partial charge >= 0.3 is 6.03 Å². The van der Waals surface area contributed by atoms with Gasteiger partial charge in [0.15, 0.2) is 11.4 Å². The Bertz CT molecular complexity index is 1490. The molecule has 1 aromatic heterocycles. The molecule has 0 radical (unpaired) electrons. The zero-order valence-corrected chi connectivity index (χ0v) is 19.8.